The van der Waals surface area contributed by atoms with Crippen LogP contribution in [0.4, 0.5) is 0 Å². The number of hydrogen-bond donors (Lipinski definition) is 1. The molecule has 0 aliphatic rings. The number of ether oxygens (including phenoxy) is 1. The molecule has 0 saturated carbocycles. The van der Waals surface area contributed by atoms with E-state index >= 15 is 0 Å². The fraction of sp³-hybridized carbons (Fsp3) is 0.333. The number of nitrogens with one attached hydrogen (secondary N) is 1. The van der Waals surface area contributed by atoms with E-state index in [-0.39, 0.29) is 0 Å². The summed E-state index contributed by atoms with van der Waals surface area (Å²) in [6.07, 6.45) is 1.16. The summed E-state index contributed by atoms with van der Waals surface area (Å²) in [5, 5.41) is 3.49. The average Bonchev–Trinajstić information content (AvgIpc) is 2.52. The predicted molar refractivity (Wildman–Crippen MR) is 83.9 cm³/mol. The molecule has 2 nitrogen and oxygen atoms in total. The molecule has 0 bridgehead atoms. The monoisotopic (exact) mass is 269 g/mol. The van der Waals surface area contributed by atoms with Gasteiger partial charge in [0.25, 0.3) is 0 Å². The normalized spacial score (nSPS) is 12.1. The van der Waals surface area contributed by atoms with Gasteiger partial charge >= 0.3 is 0 Å². The lowest BCUT2D eigenvalue weighted by atomic mass is 10.1. The molecule has 0 aromatic heterocycles. The second-order valence-electron chi connectivity index (χ2n) is 5.02. The van der Waals surface area contributed by atoms with Crippen LogP contribution in [0.5, 0.6) is 5.75 Å². The third-order valence-electron chi connectivity index (χ3n) is 3.33. The van der Waals surface area contributed by atoms with Gasteiger partial charge < -0.3 is 10.1 Å². The molecule has 0 saturated heterocycles. The van der Waals surface area contributed by atoms with Gasteiger partial charge in [0.15, 0.2) is 0 Å². The SMILES string of the molecule is CCCNC(C)c1ccc(OCc2ccccc2)cc1. The van der Waals surface area contributed by atoms with E-state index in [2.05, 4.69) is 43.4 Å². The van der Waals surface area contributed by atoms with E-state index in [0.29, 0.717) is 12.6 Å². The van der Waals surface area contributed by atoms with Gasteiger partial charge in [-0.2, -0.15) is 0 Å². The summed E-state index contributed by atoms with van der Waals surface area (Å²) in [6, 6.07) is 19.0. The molecule has 0 aliphatic heterocycles. The van der Waals surface area contributed by atoms with E-state index in [9.17, 15) is 0 Å². The molecule has 2 aromatic rings. The summed E-state index contributed by atoms with van der Waals surface area (Å²) < 4.78 is 5.79. The molecule has 2 heteroatoms. The Kier molecular flexibility index (Phi) is 5.63. The Bertz CT molecular complexity index is 493. The largest absolute Gasteiger partial charge is 0.489 e. The first kappa shape index (κ1) is 14.6. The van der Waals surface area contributed by atoms with Gasteiger partial charge in [0.2, 0.25) is 0 Å². The minimum Gasteiger partial charge on any atom is -0.489 e. The molecule has 0 fully saturated rings. The lowest BCUT2D eigenvalue weighted by Gasteiger charge is -2.14. The molecule has 0 spiro atoms. The predicted octanol–water partition coefficient (Wildman–Crippen LogP) is 4.33. The van der Waals surface area contributed by atoms with Crippen molar-refractivity contribution in [2.24, 2.45) is 0 Å². The lowest BCUT2D eigenvalue weighted by Crippen LogP contribution is -2.19. The molecule has 0 aliphatic carbocycles. The molecule has 0 radical (unpaired) electrons. The molecule has 2 aromatic carbocycles. The Morgan fingerprint density at radius 3 is 2.35 bits per heavy atom. The van der Waals surface area contributed by atoms with Crippen molar-refractivity contribution in [1.82, 2.24) is 5.32 Å². The Morgan fingerprint density at radius 1 is 1.00 bits per heavy atom. The molecule has 106 valence electrons. The first-order valence-corrected chi connectivity index (χ1v) is 7.29. The van der Waals surface area contributed by atoms with Gasteiger partial charge in [-0.05, 0) is 43.1 Å². The molecule has 1 atom stereocenters. The van der Waals surface area contributed by atoms with Crippen LogP contribution in [0.1, 0.15) is 37.4 Å². The minimum atomic E-state index is 0.387. The highest BCUT2D eigenvalue weighted by molar-refractivity contribution is 5.29. The maximum absolute atomic E-state index is 5.79. The molecular weight excluding hydrogens is 246 g/mol. The zero-order chi connectivity index (χ0) is 14.2. The van der Waals surface area contributed by atoms with Gasteiger partial charge in [-0.1, -0.05) is 49.4 Å². The Balaban J connectivity index is 1.88. The Morgan fingerprint density at radius 2 is 1.70 bits per heavy atom. The van der Waals surface area contributed by atoms with Gasteiger partial charge in [-0.15, -0.1) is 0 Å². The van der Waals surface area contributed by atoms with Crippen molar-refractivity contribution in [3.63, 3.8) is 0 Å². The minimum absolute atomic E-state index is 0.387. The summed E-state index contributed by atoms with van der Waals surface area (Å²) >= 11 is 0. The summed E-state index contributed by atoms with van der Waals surface area (Å²) in [6.45, 7) is 6.03. The topological polar surface area (TPSA) is 21.3 Å². The van der Waals surface area contributed by atoms with Crippen molar-refractivity contribution in [1.29, 1.82) is 0 Å². The maximum atomic E-state index is 5.79. The van der Waals surface area contributed by atoms with Crippen LogP contribution < -0.4 is 10.1 Å². The van der Waals surface area contributed by atoms with Crippen LogP contribution in [-0.2, 0) is 6.61 Å². The smallest absolute Gasteiger partial charge is 0.119 e. The van der Waals surface area contributed by atoms with Crippen LogP contribution in [0, 0.1) is 0 Å². The standard InChI is InChI=1S/C18H23NO/c1-3-13-19-15(2)17-9-11-18(12-10-17)20-14-16-7-5-4-6-8-16/h4-12,15,19H,3,13-14H2,1-2H3. The van der Waals surface area contributed by atoms with E-state index in [0.717, 1.165) is 18.7 Å². The van der Waals surface area contributed by atoms with E-state index < -0.39 is 0 Å². The quantitative estimate of drug-likeness (QED) is 0.808. The van der Waals surface area contributed by atoms with Crippen molar-refractivity contribution in [2.45, 2.75) is 32.9 Å². The second kappa shape index (κ2) is 7.71. The average molecular weight is 269 g/mol. The molecule has 20 heavy (non-hydrogen) atoms. The van der Waals surface area contributed by atoms with E-state index in [1.807, 2.05) is 30.3 Å². The fourth-order valence-corrected chi connectivity index (χ4v) is 2.07. The van der Waals surface area contributed by atoms with Gasteiger partial charge in [0.1, 0.15) is 12.4 Å². The summed E-state index contributed by atoms with van der Waals surface area (Å²) in [5.74, 6) is 0.917. The lowest BCUT2D eigenvalue weighted by molar-refractivity contribution is 0.306. The fourth-order valence-electron chi connectivity index (χ4n) is 2.07. The molecular formula is C18H23NO. The van der Waals surface area contributed by atoms with Gasteiger partial charge in [-0.3, -0.25) is 0 Å². The van der Waals surface area contributed by atoms with E-state index in [1.165, 1.54) is 11.1 Å². The first-order valence-electron chi connectivity index (χ1n) is 7.29. The van der Waals surface area contributed by atoms with Crippen LogP contribution >= 0.6 is 0 Å². The maximum Gasteiger partial charge on any atom is 0.119 e. The van der Waals surface area contributed by atoms with E-state index in [1.54, 1.807) is 0 Å². The van der Waals surface area contributed by atoms with Crippen LogP contribution in [0.15, 0.2) is 54.6 Å². The molecule has 0 amide bonds. The summed E-state index contributed by atoms with van der Waals surface area (Å²) in [7, 11) is 0. The van der Waals surface area contributed by atoms with Crippen molar-refractivity contribution < 1.29 is 4.74 Å². The molecule has 1 N–H and O–H groups in total. The number of hydrogen-bond acceptors (Lipinski definition) is 2. The van der Waals surface area contributed by atoms with E-state index in [4.69, 9.17) is 4.74 Å². The third-order valence-corrected chi connectivity index (χ3v) is 3.33. The molecule has 1 unspecified atom stereocenters. The summed E-state index contributed by atoms with van der Waals surface area (Å²) in [5.41, 5.74) is 2.49. The third kappa shape index (κ3) is 4.39. The van der Waals surface area contributed by atoms with Crippen LogP contribution in [0.2, 0.25) is 0 Å². The Labute approximate surface area is 121 Å². The highest BCUT2D eigenvalue weighted by atomic mass is 16.5. The second-order valence-corrected chi connectivity index (χ2v) is 5.02. The van der Waals surface area contributed by atoms with Gasteiger partial charge in [-0.25, -0.2) is 0 Å². The van der Waals surface area contributed by atoms with Crippen molar-refractivity contribution >= 4 is 0 Å². The highest BCUT2D eigenvalue weighted by Crippen LogP contribution is 2.18. The summed E-state index contributed by atoms with van der Waals surface area (Å²) in [4.78, 5) is 0. The zero-order valence-electron chi connectivity index (χ0n) is 12.3. The van der Waals surface area contributed by atoms with Crippen molar-refractivity contribution in [3.05, 3.63) is 65.7 Å². The van der Waals surface area contributed by atoms with Crippen molar-refractivity contribution in [2.75, 3.05) is 6.54 Å². The van der Waals surface area contributed by atoms with Crippen LogP contribution in [0.25, 0.3) is 0 Å². The Hall–Kier alpha value is -1.80. The van der Waals surface area contributed by atoms with Crippen LogP contribution in [0.3, 0.4) is 0 Å². The number of rotatable bonds is 7. The first-order chi connectivity index (χ1) is 9.79. The molecule has 0 heterocycles. The van der Waals surface area contributed by atoms with Gasteiger partial charge in [0, 0.05) is 6.04 Å². The number of benzene rings is 2. The van der Waals surface area contributed by atoms with Gasteiger partial charge in [0.05, 0.1) is 0 Å². The zero-order valence-corrected chi connectivity index (χ0v) is 12.3. The van der Waals surface area contributed by atoms with Crippen LogP contribution in [-0.4, -0.2) is 6.54 Å². The molecule has 2 rings (SSSR count). The highest BCUT2D eigenvalue weighted by Gasteiger charge is 2.04. The van der Waals surface area contributed by atoms with Crippen molar-refractivity contribution in [3.8, 4) is 5.75 Å².